The lowest BCUT2D eigenvalue weighted by molar-refractivity contribution is -0.140. The van der Waals surface area contributed by atoms with Gasteiger partial charge >= 0.3 is 0 Å². The summed E-state index contributed by atoms with van der Waals surface area (Å²) >= 11 is 0. The molecular formula is C22H29FN6O3. The third-order valence-electron chi connectivity index (χ3n) is 6.52. The summed E-state index contributed by atoms with van der Waals surface area (Å²) in [5.41, 5.74) is 6.28. The Morgan fingerprint density at radius 1 is 0.969 bits per heavy atom. The SMILES string of the molecule is CN1CCN(C(=O)C2CCN(C(=O)C3=NN(c4ccc(F)cc4)C(C(N)=O)C3)CC2)CC1. The number of primary amides is 1. The third kappa shape index (κ3) is 4.59. The molecule has 3 heterocycles. The summed E-state index contributed by atoms with van der Waals surface area (Å²) in [7, 11) is 2.05. The van der Waals surface area contributed by atoms with Gasteiger partial charge in [0.25, 0.3) is 5.91 Å². The molecule has 9 nitrogen and oxygen atoms in total. The van der Waals surface area contributed by atoms with Crippen molar-refractivity contribution in [3.8, 4) is 0 Å². The van der Waals surface area contributed by atoms with Crippen LogP contribution in [0.4, 0.5) is 10.1 Å². The average molecular weight is 445 g/mol. The number of likely N-dealkylation sites (N-methyl/N-ethyl adjacent to an activating group) is 1. The minimum Gasteiger partial charge on any atom is -0.368 e. The van der Waals surface area contributed by atoms with Crippen LogP contribution in [0.15, 0.2) is 29.4 Å². The molecule has 2 saturated heterocycles. The lowest BCUT2D eigenvalue weighted by Gasteiger charge is -2.37. The second-order valence-corrected chi connectivity index (χ2v) is 8.69. The van der Waals surface area contributed by atoms with Gasteiger partial charge in [-0.3, -0.25) is 19.4 Å². The van der Waals surface area contributed by atoms with E-state index in [0.29, 0.717) is 31.6 Å². The number of piperidine rings is 1. The highest BCUT2D eigenvalue weighted by atomic mass is 19.1. The number of anilines is 1. The lowest BCUT2D eigenvalue weighted by Crippen LogP contribution is -2.51. The van der Waals surface area contributed by atoms with Crippen LogP contribution < -0.4 is 10.7 Å². The minimum absolute atomic E-state index is 0.0675. The number of hydrogen-bond acceptors (Lipinski definition) is 6. The summed E-state index contributed by atoms with van der Waals surface area (Å²) in [5, 5.41) is 5.74. The monoisotopic (exact) mass is 444 g/mol. The zero-order valence-electron chi connectivity index (χ0n) is 18.2. The maximum absolute atomic E-state index is 13.3. The third-order valence-corrected chi connectivity index (χ3v) is 6.52. The zero-order valence-corrected chi connectivity index (χ0v) is 18.2. The van der Waals surface area contributed by atoms with Crippen LogP contribution in [0, 0.1) is 11.7 Å². The van der Waals surface area contributed by atoms with Crippen molar-refractivity contribution >= 4 is 29.1 Å². The number of nitrogens with zero attached hydrogens (tertiary/aromatic N) is 5. The molecule has 1 unspecified atom stereocenters. The van der Waals surface area contributed by atoms with E-state index >= 15 is 0 Å². The highest BCUT2D eigenvalue weighted by Gasteiger charge is 2.38. The highest BCUT2D eigenvalue weighted by molar-refractivity contribution is 6.40. The molecule has 0 radical (unpaired) electrons. The van der Waals surface area contributed by atoms with Crippen molar-refractivity contribution in [1.29, 1.82) is 0 Å². The largest absolute Gasteiger partial charge is 0.368 e. The van der Waals surface area contributed by atoms with Gasteiger partial charge in [-0.25, -0.2) is 4.39 Å². The fourth-order valence-electron chi connectivity index (χ4n) is 4.49. The van der Waals surface area contributed by atoms with Gasteiger partial charge < -0.3 is 20.4 Å². The summed E-state index contributed by atoms with van der Waals surface area (Å²) < 4.78 is 13.3. The van der Waals surface area contributed by atoms with E-state index in [1.54, 1.807) is 4.90 Å². The van der Waals surface area contributed by atoms with Gasteiger partial charge in [-0.1, -0.05) is 0 Å². The molecule has 0 saturated carbocycles. The first-order chi connectivity index (χ1) is 15.3. The van der Waals surface area contributed by atoms with E-state index in [2.05, 4.69) is 17.0 Å². The molecule has 3 amide bonds. The van der Waals surface area contributed by atoms with E-state index in [9.17, 15) is 18.8 Å². The second-order valence-electron chi connectivity index (χ2n) is 8.69. The molecule has 172 valence electrons. The molecule has 0 spiro atoms. The van der Waals surface area contributed by atoms with Crippen LogP contribution in [-0.2, 0) is 14.4 Å². The molecule has 1 aromatic carbocycles. The Kier molecular flexibility index (Phi) is 6.40. The smallest absolute Gasteiger partial charge is 0.270 e. The number of carbonyl (C=O) groups is 3. The first-order valence-corrected chi connectivity index (χ1v) is 11.0. The van der Waals surface area contributed by atoms with Crippen molar-refractivity contribution in [3.05, 3.63) is 30.1 Å². The van der Waals surface area contributed by atoms with Crippen LogP contribution >= 0.6 is 0 Å². The molecule has 3 aliphatic rings. The summed E-state index contributed by atoms with van der Waals surface area (Å²) in [6, 6.07) is 4.74. The second kappa shape index (κ2) is 9.23. The van der Waals surface area contributed by atoms with Crippen molar-refractivity contribution in [2.75, 3.05) is 51.3 Å². The number of piperazine rings is 1. The predicted molar refractivity (Wildman–Crippen MR) is 117 cm³/mol. The van der Waals surface area contributed by atoms with Crippen LogP contribution in [0.2, 0.25) is 0 Å². The quantitative estimate of drug-likeness (QED) is 0.718. The predicted octanol–water partition coefficient (Wildman–Crippen LogP) is 0.258. The Morgan fingerprint density at radius 3 is 2.19 bits per heavy atom. The first-order valence-electron chi connectivity index (χ1n) is 11.0. The van der Waals surface area contributed by atoms with Gasteiger partial charge in [-0.2, -0.15) is 5.10 Å². The van der Waals surface area contributed by atoms with Crippen molar-refractivity contribution in [2.24, 2.45) is 16.8 Å². The van der Waals surface area contributed by atoms with Crippen molar-refractivity contribution in [2.45, 2.75) is 25.3 Å². The first kappa shape index (κ1) is 22.2. The van der Waals surface area contributed by atoms with Crippen LogP contribution in [0.25, 0.3) is 0 Å². The fourth-order valence-corrected chi connectivity index (χ4v) is 4.49. The molecule has 0 aromatic heterocycles. The van der Waals surface area contributed by atoms with Crippen LogP contribution in [-0.4, -0.2) is 90.5 Å². The number of carbonyl (C=O) groups excluding carboxylic acids is 3. The van der Waals surface area contributed by atoms with E-state index < -0.39 is 17.8 Å². The number of amides is 3. The van der Waals surface area contributed by atoms with Gasteiger partial charge in [-0.05, 0) is 44.2 Å². The molecule has 1 aromatic rings. The van der Waals surface area contributed by atoms with E-state index in [1.165, 1.54) is 29.3 Å². The minimum atomic E-state index is -0.796. The van der Waals surface area contributed by atoms with E-state index in [0.717, 1.165) is 26.2 Å². The van der Waals surface area contributed by atoms with Crippen molar-refractivity contribution < 1.29 is 18.8 Å². The maximum atomic E-state index is 13.3. The van der Waals surface area contributed by atoms with E-state index in [-0.39, 0.29) is 29.9 Å². The summed E-state index contributed by atoms with van der Waals surface area (Å²) in [4.78, 5) is 43.7. The van der Waals surface area contributed by atoms with Gasteiger partial charge in [0.15, 0.2) is 0 Å². The molecule has 4 rings (SSSR count). The van der Waals surface area contributed by atoms with Gasteiger partial charge in [0.2, 0.25) is 11.8 Å². The summed E-state index contributed by atoms with van der Waals surface area (Å²) in [6.07, 6.45) is 1.34. The van der Waals surface area contributed by atoms with E-state index in [4.69, 9.17) is 5.73 Å². The molecule has 2 fully saturated rings. The number of halogens is 1. The standard InChI is InChI=1S/C22H29FN6O3/c1-26-10-12-28(13-11-26)21(31)15-6-8-27(9-7-15)22(32)18-14-19(20(24)30)29(25-18)17-4-2-16(23)3-5-17/h2-5,15,19H,6-14H2,1H3,(H2,24,30). The Bertz CT molecular complexity index is 905. The maximum Gasteiger partial charge on any atom is 0.270 e. The fraction of sp³-hybridized carbons (Fsp3) is 0.545. The highest BCUT2D eigenvalue weighted by Crippen LogP contribution is 2.27. The average Bonchev–Trinajstić information content (AvgIpc) is 3.25. The van der Waals surface area contributed by atoms with Crippen molar-refractivity contribution in [3.63, 3.8) is 0 Å². The van der Waals surface area contributed by atoms with Crippen LogP contribution in [0.5, 0.6) is 0 Å². The molecule has 0 bridgehead atoms. The van der Waals surface area contributed by atoms with Gasteiger partial charge in [0.1, 0.15) is 17.6 Å². The lowest BCUT2D eigenvalue weighted by atomic mass is 9.94. The van der Waals surface area contributed by atoms with Crippen LogP contribution in [0.3, 0.4) is 0 Å². The summed E-state index contributed by atoms with van der Waals surface area (Å²) in [6.45, 7) is 4.21. The van der Waals surface area contributed by atoms with Gasteiger partial charge in [0.05, 0.1) is 5.69 Å². The normalized spacial score (nSPS) is 22.8. The number of likely N-dealkylation sites (tertiary alicyclic amines) is 1. The number of nitrogens with two attached hydrogens (primary N) is 1. The van der Waals surface area contributed by atoms with Gasteiger partial charge in [0, 0.05) is 51.6 Å². The molecular weight excluding hydrogens is 415 g/mol. The Hall–Kier alpha value is -3.01. The van der Waals surface area contributed by atoms with E-state index in [1.807, 2.05) is 4.90 Å². The molecule has 2 N–H and O–H groups in total. The van der Waals surface area contributed by atoms with Crippen LogP contribution in [0.1, 0.15) is 19.3 Å². The topological polar surface area (TPSA) is 103 Å². The Balaban J connectivity index is 1.38. The molecule has 0 aliphatic carbocycles. The molecule has 1 atom stereocenters. The Labute approximate surface area is 186 Å². The number of hydrazone groups is 1. The zero-order chi connectivity index (χ0) is 22.8. The Morgan fingerprint density at radius 2 is 1.59 bits per heavy atom. The molecule has 3 aliphatic heterocycles. The number of benzene rings is 1. The van der Waals surface area contributed by atoms with Gasteiger partial charge in [-0.15, -0.1) is 0 Å². The molecule has 10 heteroatoms. The number of hydrogen-bond donors (Lipinski definition) is 1. The van der Waals surface area contributed by atoms with Crippen molar-refractivity contribution in [1.82, 2.24) is 14.7 Å². The summed E-state index contributed by atoms with van der Waals surface area (Å²) in [5.74, 6) is -1.14. The number of rotatable bonds is 4. The molecule has 32 heavy (non-hydrogen) atoms.